The minimum Gasteiger partial charge on any atom is -0.487 e. The zero-order valence-electron chi connectivity index (χ0n) is 18.0. The van der Waals surface area contributed by atoms with E-state index in [1.165, 1.54) is 0 Å². The molecule has 0 bridgehead atoms. The van der Waals surface area contributed by atoms with Crippen LogP contribution in [0.2, 0.25) is 0 Å². The molecule has 1 fully saturated rings. The van der Waals surface area contributed by atoms with Gasteiger partial charge in [-0.1, -0.05) is 32.0 Å². The van der Waals surface area contributed by atoms with Gasteiger partial charge >= 0.3 is 0 Å². The molecule has 2 N–H and O–H groups in total. The van der Waals surface area contributed by atoms with E-state index in [-0.39, 0.29) is 17.9 Å². The average Bonchev–Trinajstić information content (AvgIpc) is 3.24. The molecule has 30 heavy (non-hydrogen) atoms. The molecule has 1 saturated heterocycles. The fraction of sp³-hybridized carbons (Fsp3) is 0.435. The number of likely N-dealkylation sites (tertiary alicyclic amines) is 1. The molecule has 0 saturated carbocycles. The number of nitrogens with zero attached hydrogens (tertiary/aromatic N) is 3. The number of amides is 1. The highest BCUT2D eigenvalue weighted by Crippen LogP contribution is 2.15. The zero-order valence-corrected chi connectivity index (χ0v) is 18.0. The summed E-state index contributed by atoms with van der Waals surface area (Å²) in [5.41, 5.74) is 1.99. The maximum absolute atomic E-state index is 12.2. The Labute approximate surface area is 178 Å². The number of hydrogen-bond acceptors (Lipinski definition) is 4. The van der Waals surface area contributed by atoms with E-state index in [9.17, 15) is 4.79 Å². The molecular formula is C23H31N5O2. The van der Waals surface area contributed by atoms with E-state index < -0.39 is 0 Å². The smallest absolute Gasteiger partial charge is 0.225 e. The van der Waals surface area contributed by atoms with Crippen LogP contribution >= 0.6 is 0 Å². The number of guanidine groups is 1. The van der Waals surface area contributed by atoms with Gasteiger partial charge in [-0.05, 0) is 36.2 Å². The van der Waals surface area contributed by atoms with E-state index in [1.807, 2.05) is 61.2 Å². The van der Waals surface area contributed by atoms with Crippen molar-refractivity contribution in [3.05, 3.63) is 59.9 Å². The van der Waals surface area contributed by atoms with Crippen LogP contribution in [-0.4, -0.2) is 47.9 Å². The lowest BCUT2D eigenvalue weighted by Crippen LogP contribution is -2.45. The van der Waals surface area contributed by atoms with Crippen molar-refractivity contribution in [2.24, 2.45) is 10.9 Å². The number of aliphatic imine (C=N–C) groups is 1. The summed E-state index contributed by atoms with van der Waals surface area (Å²) < 4.78 is 5.85. The summed E-state index contributed by atoms with van der Waals surface area (Å²) in [5.74, 6) is 1.79. The van der Waals surface area contributed by atoms with Crippen LogP contribution in [0.3, 0.4) is 0 Å². The van der Waals surface area contributed by atoms with Crippen molar-refractivity contribution in [1.82, 2.24) is 20.5 Å². The maximum Gasteiger partial charge on any atom is 0.225 e. The number of benzene rings is 1. The van der Waals surface area contributed by atoms with Crippen molar-refractivity contribution in [2.75, 3.05) is 20.1 Å². The molecule has 1 amide bonds. The second-order valence-electron chi connectivity index (χ2n) is 7.75. The van der Waals surface area contributed by atoms with E-state index in [2.05, 4.69) is 20.6 Å². The summed E-state index contributed by atoms with van der Waals surface area (Å²) in [6.45, 7) is 6.46. The fourth-order valence-electron chi connectivity index (χ4n) is 3.40. The van der Waals surface area contributed by atoms with Gasteiger partial charge in [0.15, 0.2) is 5.96 Å². The topological polar surface area (TPSA) is 78.9 Å². The lowest BCUT2D eigenvalue weighted by atomic mass is 10.2. The second-order valence-corrected chi connectivity index (χ2v) is 7.75. The number of carbonyl (C=O) groups is 1. The number of hydrogen-bond donors (Lipinski definition) is 2. The van der Waals surface area contributed by atoms with E-state index in [4.69, 9.17) is 4.74 Å². The summed E-state index contributed by atoms with van der Waals surface area (Å²) in [6, 6.07) is 14.0. The Morgan fingerprint density at radius 3 is 2.90 bits per heavy atom. The molecule has 160 valence electrons. The monoisotopic (exact) mass is 409 g/mol. The van der Waals surface area contributed by atoms with Gasteiger partial charge in [0.25, 0.3) is 0 Å². The molecule has 7 heteroatoms. The molecule has 1 aliphatic rings. The number of ether oxygens (including phenoxy) is 1. The first-order valence-corrected chi connectivity index (χ1v) is 10.4. The number of nitrogens with one attached hydrogen (secondary N) is 2. The number of rotatable bonds is 7. The zero-order chi connectivity index (χ0) is 21.3. The number of aromatic nitrogens is 1. The minimum absolute atomic E-state index is 0.0355. The summed E-state index contributed by atoms with van der Waals surface area (Å²) in [7, 11) is 1.76. The first-order chi connectivity index (χ1) is 14.5. The molecule has 1 aliphatic heterocycles. The standard InChI is InChI=1S/C23H31N5O2/c1-17(2)22(29)28-12-10-19(15-28)27-23(24-3)26-14-18-7-6-9-21(13-18)30-16-20-8-4-5-11-25-20/h4-9,11,13,17,19H,10,12,14-16H2,1-3H3,(H2,24,26,27). The first kappa shape index (κ1) is 21.6. The van der Waals surface area contributed by atoms with Gasteiger partial charge in [-0.3, -0.25) is 14.8 Å². The summed E-state index contributed by atoms with van der Waals surface area (Å²) in [5, 5.41) is 6.77. The number of pyridine rings is 1. The molecule has 1 atom stereocenters. The van der Waals surface area contributed by atoms with Gasteiger partial charge in [0, 0.05) is 44.8 Å². The summed E-state index contributed by atoms with van der Waals surface area (Å²) in [4.78, 5) is 22.7. The lowest BCUT2D eigenvalue weighted by molar-refractivity contribution is -0.133. The summed E-state index contributed by atoms with van der Waals surface area (Å²) in [6.07, 6.45) is 2.69. The maximum atomic E-state index is 12.2. The van der Waals surface area contributed by atoms with Crippen LogP contribution in [-0.2, 0) is 17.9 Å². The average molecular weight is 410 g/mol. The molecule has 1 aromatic heterocycles. The highest BCUT2D eigenvalue weighted by Gasteiger charge is 2.27. The fourth-order valence-corrected chi connectivity index (χ4v) is 3.40. The van der Waals surface area contributed by atoms with Crippen LogP contribution in [0.15, 0.2) is 53.7 Å². The molecule has 1 unspecified atom stereocenters. The van der Waals surface area contributed by atoms with Crippen LogP contribution < -0.4 is 15.4 Å². The quantitative estimate of drug-likeness (QED) is 0.543. The predicted molar refractivity (Wildman–Crippen MR) is 118 cm³/mol. The number of carbonyl (C=O) groups excluding carboxylic acids is 1. The molecule has 0 aliphatic carbocycles. The van der Waals surface area contributed by atoms with Gasteiger partial charge in [-0.25, -0.2) is 0 Å². The molecule has 7 nitrogen and oxygen atoms in total. The van der Waals surface area contributed by atoms with Gasteiger partial charge < -0.3 is 20.3 Å². The van der Waals surface area contributed by atoms with E-state index in [0.29, 0.717) is 19.7 Å². The predicted octanol–water partition coefficient (Wildman–Crippen LogP) is 2.58. The molecule has 2 aromatic rings. The van der Waals surface area contributed by atoms with Crippen molar-refractivity contribution >= 4 is 11.9 Å². The molecule has 3 rings (SSSR count). The third-order valence-electron chi connectivity index (χ3n) is 5.03. The van der Waals surface area contributed by atoms with Crippen molar-refractivity contribution in [3.63, 3.8) is 0 Å². The van der Waals surface area contributed by atoms with E-state index in [0.717, 1.165) is 35.9 Å². The van der Waals surface area contributed by atoms with E-state index >= 15 is 0 Å². The van der Waals surface area contributed by atoms with Crippen molar-refractivity contribution < 1.29 is 9.53 Å². The molecule has 0 radical (unpaired) electrons. The Kier molecular flexibility index (Phi) is 7.65. The minimum atomic E-state index is 0.0355. The Morgan fingerprint density at radius 2 is 2.17 bits per heavy atom. The summed E-state index contributed by atoms with van der Waals surface area (Å²) >= 11 is 0. The Balaban J connectivity index is 1.47. The lowest BCUT2D eigenvalue weighted by Gasteiger charge is -2.20. The highest BCUT2D eigenvalue weighted by molar-refractivity contribution is 5.81. The van der Waals surface area contributed by atoms with Crippen LogP contribution in [0.4, 0.5) is 0 Å². The second kappa shape index (κ2) is 10.6. The highest BCUT2D eigenvalue weighted by atomic mass is 16.5. The molecule has 0 spiro atoms. The van der Waals surface area contributed by atoms with Crippen molar-refractivity contribution in [2.45, 2.75) is 39.5 Å². The van der Waals surface area contributed by atoms with Crippen molar-refractivity contribution in [3.8, 4) is 5.75 Å². The van der Waals surface area contributed by atoms with Crippen LogP contribution in [0.1, 0.15) is 31.5 Å². The third kappa shape index (κ3) is 6.20. The van der Waals surface area contributed by atoms with Crippen LogP contribution in [0.25, 0.3) is 0 Å². The SMILES string of the molecule is CN=C(NCc1cccc(OCc2ccccn2)c1)NC1CCN(C(=O)C(C)C)C1. The van der Waals surface area contributed by atoms with Crippen LogP contribution in [0, 0.1) is 5.92 Å². The Bertz CT molecular complexity index is 854. The first-order valence-electron chi connectivity index (χ1n) is 10.4. The molecular weight excluding hydrogens is 378 g/mol. The van der Waals surface area contributed by atoms with Gasteiger partial charge in [0.1, 0.15) is 12.4 Å². The van der Waals surface area contributed by atoms with Gasteiger partial charge in [-0.2, -0.15) is 0 Å². The van der Waals surface area contributed by atoms with Crippen molar-refractivity contribution in [1.29, 1.82) is 0 Å². The molecule has 1 aromatic carbocycles. The Morgan fingerprint density at radius 1 is 1.30 bits per heavy atom. The van der Waals surface area contributed by atoms with Crippen LogP contribution in [0.5, 0.6) is 5.75 Å². The van der Waals surface area contributed by atoms with Gasteiger partial charge in [0.05, 0.1) is 5.69 Å². The Hall–Kier alpha value is -3.09. The largest absolute Gasteiger partial charge is 0.487 e. The van der Waals surface area contributed by atoms with Gasteiger partial charge in [-0.15, -0.1) is 0 Å². The van der Waals surface area contributed by atoms with Gasteiger partial charge in [0.2, 0.25) is 5.91 Å². The normalized spacial score (nSPS) is 16.6. The molecule has 2 heterocycles. The van der Waals surface area contributed by atoms with E-state index in [1.54, 1.807) is 13.2 Å². The third-order valence-corrected chi connectivity index (χ3v) is 5.03.